The molecule has 2 unspecified atom stereocenters. The Bertz CT molecular complexity index is 1880. The number of carboxylic acid groups (broad SMARTS) is 1. The largest absolute Gasteiger partial charge is 0.480 e. The first-order valence-electron chi connectivity index (χ1n) is 17.6. The standard InChI is InChI=1S/C39H44N6O10/c1-3-30(39(54)44(2)31(36(51)42-22-32(46)47)17-10-18-45-37(52)27-15-7-8-16-28(27)38(45)53)43-34(49)26-14-9-13-25(19-26)21-41-35(50)29(40)20-33(48)55-23-24-11-5-4-6-12-24/h4-9,11-16,19,29-31H,3,10,17-18,20-23,40H2,1-2H3,(H,41,50)(H,42,51)(H,43,49)(H,46,47)/t29?,30?,31-/m0/s1. The van der Waals surface area contributed by atoms with Gasteiger partial charge in [-0.25, -0.2) is 0 Å². The Labute approximate surface area is 317 Å². The molecule has 1 aliphatic heterocycles. The van der Waals surface area contributed by atoms with E-state index in [2.05, 4.69) is 16.0 Å². The molecule has 16 heteroatoms. The highest BCUT2D eigenvalue weighted by atomic mass is 16.5. The van der Waals surface area contributed by atoms with Crippen molar-refractivity contribution in [1.82, 2.24) is 25.8 Å². The number of fused-ring (bicyclic) bond motifs is 1. The molecule has 0 fully saturated rings. The Morgan fingerprint density at radius 3 is 2.13 bits per heavy atom. The maximum Gasteiger partial charge on any atom is 0.322 e. The average molecular weight is 757 g/mol. The second-order valence-corrected chi connectivity index (χ2v) is 12.8. The van der Waals surface area contributed by atoms with Crippen molar-refractivity contribution in [2.45, 2.75) is 63.9 Å². The fraction of sp³-hybridized carbons (Fsp3) is 0.333. The van der Waals surface area contributed by atoms with Crippen molar-refractivity contribution >= 4 is 47.4 Å². The monoisotopic (exact) mass is 756 g/mol. The number of esters is 1. The number of nitrogens with one attached hydrogen (secondary N) is 3. The summed E-state index contributed by atoms with van der Waals surface area (Å²) in [6.45, 7) is 0.945. The van der Waals surface area contributed by atoms with Gasteiger partial charge in [-0.15, -0.1) is 0 Å². The lowest BCUT2D eigenvalue weighted by molar-refractivity contribution is -0.146. The summed E-state index contributed by atoms with van der Waals surface area (Å²) >= 11 is 0. The number of nitrogens with zero attached hydrogens (tertiary/aromatic N) is 2. The first-order chi connectivity index (χ1) is 26.3. The van der Waals surface area contributed by atoms with Crippen LogP contribution in [0.25, 0.3) is 0 Å². The maximum atomic E-state index is 13.7. The molecule has 290 valence electrons. The number of carbonyl (C=O) groups is 8. The SMILES string of the molecule is CCC(NC(=O)c1cccc(CNC(=O)C(N)CC(=O)OCc2ccccc2)c1)C(=O)N(C)[C@@H](CCCN1C(=O)c2ccccc2C1=O)C(=O)NCC(=O)O. The molecule has 0 radical (unpaired) electrons. The van der Waals surface area contributed by atoms with Gasteiger partial charge in [-0.3, -0.25) is 43.3 Å². The number of imide groups is 1. The molecule has 4 rings (SSSR count). The third-order valence-corrected chi connectivity index (χ3v) is 8.90. The minimum atomic E-state index is -1.30. The highest BCUT2D eigenvalue weighted by Crippen LogP contribution is 2.23. The summed E-state index contributed by atoms with van der Waals surface area (Å²) in [5.74, 6) is -5.49. The molecule has 6 amide bonds. The van der Waals surface area contributed by atoms with Gasteiger partial charge in [0.25, 0.3) is 17.7 Å². The van der Waals surface area contributed by atoms with Crippen LogP contribution in [0.3, 0.4) is 0 Å². The zero-order valence-corrected chi connectivity index (χ0v) is 30.5. The highest BCUT2D eigenvalue weighted by molar-refractivity contribution is 6.21. The van der Waals surface area contributed by atoms with Gasteiger partial charge in [0, 0.05) is 25.7 Å². The number of carbonyl (C=O) groups excluding carboxylic acids is 7. The number of ether oxygens (including phenoxy) is 1. The first kappa shape index (κ1) is 41.3. The van der Waals surface area contributed by atoms with Gasteiger partial charge < -0.3 is 36.4 Å². The number of aliphatic carboxylic acids is 1. The van der Waals surface area contributed by atoms with E-state index in [4.69, 9.17) is 15.6 Å². The van der Waals surface area contributed by atoms with E-state index in [1.54, 1.807) is 55.5 Å². The first-order valence-corrected chi connectivity index (χ1v) is 17.6. The Kier molecular flexibility index (Phi) is 14.7. The lowest BCUT2D eigenvalue weighted by Gasteiger charge is -2.31. The fourth-order valence-electron chi connectivity index (χ4n) is 5.86. The van der Waals surface area contributed by atoms with Crippen LogP contribution in [0.1, 0.15) is 74.8 Å². The zero-order valence-electron chi connectivity index (χ0n) is 30.5. The molecule has 0 saturated carbocycles. The number of carboxylic acids is 1. The van der Waals surface area contributed by atoms with E-state index in [-0.39, 0.29) is 62.1 Å². The van der Waals surface area contributed by atoms with E-state index in [1.165, 1.54) is 19.2 Å². The number of amides is 6. The molecule has 0 bridgehead atoms. The summed E-state index contributed by atoms with van der Waals surface area (Å²) in [7, 11) is 1.35. The van der Waals surface area contributed by atoms with Gasteiger partial charge in [0.2, 0.25) is 17.7 Å². The van der Waals surface area contributed by atoms with Crippen molar-refractivity contribution < 1.29 is 48.2 Å². The van der Waals surface area contributed by atoms with E-state index >= 15 is 0 Å². The van der Waals surface area contributed by atoms with E-state index in [0.29, 0.717) is 5.56 Å². The summed E-state index contributed by atoms with van der Waals surface area (Å²) < 4.78 is 5.19. The number of hydrogen-bond acceptors (Lipinski definition) is 10. The quantitative estimate of drug-likeness (QED) is 0.0866. The molecular formula is C39H44N6O10. The van der Waals surface area contributed by atoms with Crippen LogP contribution in [-0.4, -0.2) is 101 Å². The maximum absolute atomic E-state index is 13.7. The summed E-state index contributed by atoms with van der Waals surface area (Å²) in [5, 5.41) is 16.7. The third-order valence-electron chi connectivity index (χ3n) is 8.90. The van der Waals surface area contributed by atoms with Crippen LogP contribution in [0.4, 0.5) is 0 Å². The Balaban J connectivity index is 1.33. The van der Waals surface area contributed by atoms with Crippen molar-refractivity contribution in [2.24, 2.45) is 5.73 Å². The predicted octanol–water partition coefficient (Wildman–Crippen LogP) is 1.38. The van der Waals surface area contributed by atoms with E-state index in [1.807, 2.05) is 18.2 Å². The normalized spacial score (nSPS) is 13.5. The Hall–Kier alpha value is -6.42. The van der Waals surface area contributed by atoms with Gasteiger partial charge in [0.1, 0.15) is 25.2 Å². The van der Waals surface area contributed by atoms with E-state index in [0.717, 1.165) is 15.4 Å². The summed E-state index contributed by atoms with van der Waals surface area (Å²) in [4.78, 5) is 104. The lowest BCUT2D eigenvalue weighted by Crippen LogP contribution is -2.54. The fourth-order valence-corrected chi connectivity index (χ4v) is 5.86. The smallest absolute Gasteiger partial charge is 0.322 e. The Morgan fingerprint density at radius 1 is 0.855 bits per heavy atom. The van der Waals surface area contributed by atoms with Crippen LogP contribution in [0, 0.1) is 0 Å². The van der Waals surface area contributed by atoms with Gasteiger partial charge in [-0.1, -0.05) is 61.5 Å². The van der Waals surface area contributed by atoms with Crippen LogP contribution < -0.4 is 21.7 Å². The van der Waals surface area contributed by atoms with Gasteiger partial charge in [0.15, 0.2) is 0 Å². The number of rotatable bonds is 19. The molecule has 1 aliphatic rings. The zero-order chi connectivity index (χ0) is 40.1. The summed E-state index contributed by atoms with van der Waals surface area (Å²) in [6, 6.07) is 18.2. The minimum Gasteiger partial charge on any atom is -0.480 e. The predicted molar refractivity (Wildman–Crippen MR) is 197 cm³/mol. The van der Waals surface area contributed by atoms with Crippen LogP contribution in [0.5, 0.6) is 0 Å². The number of nitrogens with two attached hydrogens (primary N) is 1. The number of hydrogen-bond donors (Lipinski definition) is 5. The molecule has 1 heterocycles. The van der Waals surface area contributed by atoms with Crippen molar-refractivity contribution in [1.29, 1.82) is 0 Å². The number of likely N-dealkylation sites (N-methyl/N-ethyl adjacent to an activating group) is 1. The molecule has 3 aromatic carbocycles. The minimum absolute atomic E-state index is 0.0144. The number of benzene rings is 3. The molecule has 3 atom stereocenters. The summed E-state index contributed by atoms with van der Waals surface area (Å²) in [5.41, 5.74) is 7.94. The molecule has 55 heavy (non-hydrogen) atoms. The molecule has 0 saturated heterocycles. The van der Waals surface area contributed by atoms with Crippen LogP contribution in [-0.2, 0) is 41.9 Å². The average Bonchev–Trinajstić information content (AvgIpc) is 3.43. The van der Waals surface area contributed by atoms with E-state index < -0.39 is 72.1 Å². The van der Waals surface area contributed by atoms with Gasteiger partial charge in [-0.05, 0) is 54.7 Å². The molecule has 0 aromatic heterocycles. The second-order valence-electron chi connectivity index (χ2n) is 12.8. The van der Waals surface area contributed by atoms with Gasteiger partial charge in [-0.2, -0.15) is 0 Å². The Morgan fingerprint density at radius 2 is 1.49 bits per heavy atom. The second kappa shape index (κ2) is 19.6. The molecule has 16 nitrogen and oxygen atoms in total. The van der Waals surface area contributed by atoms with Crippen molar-refractivity contribution in [3.63, 3.8) is 0 Å². The molecule has 6 N–H and O–H groups in total. The topological polar surface area (TPSA) is 235 Å². The third kappa shape index (κ3) is 11.3. The summed E-state index contributed by atoms with van der Waals surface area (Å²) in [6.07, 6.45) is -0.118. The lowest BCUT2D eigenvalue weighted by atomic mass is 10.1. The molecule has 0 aliphatic carbocycles. The van der Waals surface area contributed by atoms with E-state index in [9.17, 15) is 38.4 Å². The van der Waals surface area contributed by atoms with Crippen molar-refractivity contribution in [3.05, 3.63) is 107 Å². The van der Waals surface area contributed by atoms with Crippen molar-refractivity contribution in [3.8, 4) is 0 Å². The van der Waals surface area contributed by atoms with Crippen LogP contribution in [0.15, 0.2) is 78.9 Å². The molecule has 3 aromatic rings. The highest BCUT2D eigenvalue weighted by Gasteiger charge is 2.36. The van der Waals surface area contributed by atoms with Gasteiger partial charge >= 0.3 is 11.9 Å². The molecule has 0 spiro atoms. The van der Waals surface area contributed by atoms with Crippen molar-refractivity contribution in [2.75, 3.05) is 20.1 Å². The van der Waals surface area contributed by atoms with Crippen LogP contribution >= 0.6 is 0 Å². The van der Waals surface area contributed by atoms with Crippen LogP contribution in [0.2, 0.25) is 0 Å². The van der Waals surface area contributed by atoms with Gasteiger partial charge in [0.05, 0.1) is 23.6 Å². The molecular weight excluding hydrogens is 712 g/mol.